The third-order valence-electron chi connectivity index (χ3n) is 3.01. The predicted octanol–water partition coefficient (Wildman–Crippen LogP) is 3.51. The van der Waals surface area contributed by atoms with Crippen molar-refractivity contribution in [2.75, 3.05) is 11.1 Å². The Labute approximate surface area is 164 Å². The molecular formula is C17H15Cl2N3O3S. The molecule has 0 saturated heterocycles. The molecule has 3 amide bonds. The van der Waals surface area contributed by atoms with E-state index in [1.807, 2.05) is 0 Å². The third-order valence-corrected chi connectivity index (χ3v) is 4.74. The van der Waals surface area contributed by atoms with Gasteiger partial charge in [-0.05, 0) is 36.4 Å². The molecule has 0 radical (unpaired) electrons. The highest BCUT2D eigenvalue weighted by molar-refractivity contribution is 8.00. The molecule has 0 atom stereocenters. The maximum atomic E-state index is 12.1. The first kappa shape index (κ1) is 20.1. The minimum Gasteiger partial charge on any atom is -0.326 e. The van der Waals surface area contributed by atoms with E-state index in [1.165, 1.54) is 24.8 Å². The van der Waals surface area contributed by atoms with E-state index in [-0.39, 0.29) is 11.7 Å². The summed E-state index contributed by atoms with van der Waals surface area (Å²) in [6, 6.07) is 11.3. The van der Waals surface area contributed by atoms with Crippen LogP contribution in [0.4, 0.5) is 5.69 Å². The largest absolute Gasteiger partial charge is 0.326 e. The predicted molar refractivity (Wildman–Crippen MR) is 104 cm³/mol. The molecule has 2 aromatic rings. The Morgan fingerprint density at radius 1 is 1.04 bits per heavy atom. The van der Waals surface area contributed by atoms with Crippen LogP contribution in [-0.2, 0) is 9.59 Å². The van der Waals surface area contributed by atoms with E-state index in [9.17, 15) is 14.4 Å². The monoisotopic (exact) mass is 411 g/mol. The first-order valence-electron chi connectivity index (χ1n) is 7.40. The smallest absolute Gasteiger partial charge is 0.269 e. The minimum atomic E-state index is -0.503. The van der Waals surface area contributed by atoms with Crippen LogP contribution in [0.1, 0.15) is 17.3 Å². The first-order valence-corrected chi connectivity index (χ1v) is 9.14. The molecule has 6 nitrogen and oxygen atoms in total. The zero-order chi connectivity index (χ0) is 19.1. The highest BCUT2D eigenvalue weighted by Crippen LogP contribution is 2.29. The Morgan fingerprint density at radius 3 is 2.54 bits per heavy atom. The van der Waals surface area contributed by atoms with E-state index in [2.05, 4.69) is 16.2 Å². The second-order valence-electron chi connectivity index (χ2n) is 5.13. The van der Waals surface area contributed by atoms with E-state index in [4.69, 9.17) is 23.2 Å². The van der Waals surface area contributed by atoms with Gasteiger partial charge in [0.1, 0.15) is 0 Å². The molecule has 0 unspecified atom stereocenters. The molecule has 0 aromatic heterocycles. The van der Waals surface area contributed by atoms with E-state index in [0.29, 0.717) is 26.2 Å². The van der Waals surface area contributed by atoms with Crippen LogP contribution in [-0.4, -0.2) is 23.5 Å². The van der Waals surface area contributed by atoms with Crippen molar-refractivity contribution in [3.8, 4) is 0 Å². The Kier molecular flexibility index (Phi) is 7.32. The van der Waals surface area contributed by atoms with Gasteiger partial charge in [-0.15, -0.1) is 11.8 Å². The number of carbonyl (C=O) groups excluding carboxylic acids is 3. The SMILES string of the molecule is CC(=O)Nc1cccc(C(=O)NNC(=O)CSc2cc(Cl)ccc2Cl)c1. The fourth-order valence-corrected chi connectivity index (χ4v) is 3.20. The summed E-state index contributed by atoms with van der Waals surface area (Å²) in [4.78, 5) is 35.7. The van der Waals surface area contributed by atoms with Crippen molar-refractivity contribution in [3.05, 3.63) is 58.1 Å². The number of carbonyl (C=O) groups is 3. The van der Waals surface area contributed by atoms with Crippen LogP contribution in [0.15, 0.2) is 47.4 Å². The molecule has 0 bridgehead atoms. The van der Waals surface area contributed by atoms with Gasteiger partial charge in [0.25, 0.3) is 5.91 Å². The highest BCUT2D eigenvalue weighted by atomic mass is 35.5. The second kappa shape index (κ2) is 9.47. The van der Waals surface area contributed by atoms with E-state index < -0.39 is 11.8 Å². The average Bonchev–Trinajstić information content (AvgIpc) is 2.60. The van der Waals surface area contributed by atoms with Crippen molar-refractivity contribution in [1.82, 2.24) is 10.9 Å². The van der Waals surface area contributed by atoms with Crippen LogP contribution < -0.4 is 16.2 Å². The number of halogens is 2. The van der Waals surface area contributed by atoms with Crippen LogP contribution in [0.25, 0.3) is 0 Å². The van der Waals surface area contributed by atoms with Crippen molar-refractivity contribution in [3.63, 3.8) is 0 Å². The van der Waals surface area contributed by atoms with E-state index in [1.54, 1.807) is 36.4 Å². The lowest BCUT2D eigenvalue weighted by Gasteiger charge is -2.09. The molecule has 0 aliphatic carbocycles. The van der Waals surface area contributed by atoms with Crippen molar-refractivity contribution in [2.45, 2.75) is 11.8 Å². The molecule has 26 heavy (non-hydrogen) atoms. The van der Waals surface area contributed by atoms with Gasteiger partial charge in [0, 0.05) is 28.1 Å². The Morgan fingerprint density at radius 2 is 1.81 bits per heavy atom. The molecule has 0 spiro atoms. The summed E-state index contributed by atoms with van der Waals surface area (Å²) < 4.78 is 0. The Hall–Kier alpha value is -2.22. The lowest BCUT2D eigenvalue weighted by atomic mass is 10.2. The van der Waals surface area contributed by atoms with Gasteiger partial charge in [-0.25, -0.2) is 0 Å². The van der Waals surface area contributed by atoms with Crippen LogP contribution in [0.3, 0.4) is 0 Å². The molecule has 9 heteroatoms. The molecule has 136 valence electrons. The summed E-state index contributed by atoms with van der Waals surface area (Å²) in [5, 5.41) is 3.59. The lowest BCUT2D eigenvalue weighted by molar-refractivity contribution is -0.119. The fraction of sp³-hybridized carbons (Fsp3) is 0.118. The van der Waals surface area contributed by atoms with E-state index in [0.717, 1.165) is 0 Å². The summed E-state index contributed by atoms with van der Waals surface area (Å²) in [7, 11) is 0. The van der Waals surface area contributed by atoms with Gasteiger partial charge in [0.15, 0.2) is 0 Å². The van der Waals surface area contributed by atoms with Gasteiger partial charge in [-0.3, -0.25) is 25.2 Å². The van der Waals surface area contributed by atoms with Gasteiger partial charge in [-0.2, -0.15) is 0 Å². The van der Waals surface area contributed by atoms with Crippen molar-refractivity contribution >= 4 is 58.4 Å². The maximum absolute atomic E-state index is 12.1. The van der Waals surface area contributed by atoms with Gasteiger partial charge >= 0.3 is 0 Å². The van der Waals surface area contributed by atoms with Gasteiger partial charge < -0.3 is 5.32 Å². The highest BCUT2D eigenvalue weighted by Gasteiger charge is 2.10. The normalized spacial score (nSPS) is 10.1. The number of anilines is 1. The number of thioether (sulfide) groups is 1. The molecular weight excluding hydrogens is 397 g/mol. The van der Waals surface area contributed by atoms with Crippen molar-refractivity contribution in [1.29, 1.82) is 0 Å². The van der Waals surface area contributed by atoms with Crippen LogP contribution in [0.5, 0.6) is 0 Å². The fourth-order valence-electron chi connectivity index (χ4n) is 1.91. The number of nitrogens with one attached hydrogen (secondary N) is 3. The molecule has 2 rings (SSSR count). The lowest BCUT2D eigenvalue weighted by Crippen LogP contribution is -2.42. The molecule has 0 aliphatic heterocycles. The van der Waals surface area contributed by atoms with Gasteiger partial charge in [-0.1, -0.05) is 29.3 Å². The average molecular weight is 412 g/mol. The van der Waals surface area contributed by atoms with E-state index >= 15 is 0 Å². The van der Waals surface area contributed by atoms with Crippen LogP contribution >= 0.6 is 35.0 Å². The number of hydrogen-bond donors (Lipinski definition) is 3. The number of hydrazine groups is 1. The summed E-state index contributed by atoms with van der Waals surface area (Å²) in [6.07, 6.45) is 0. The topological polar surface area (TPSA) is 87.3 Å². The first-order chi connectivity index (χ1) is 12.3. The number of benzene rings is 2. The minimum absolute atomic E-state index is 0.0479. The van der Waals surface area contributed by atoms with Crippen molar-refractivity contribution in [2.24, 2.45) is 0 Å². The number of rotatable bonds is 5. The standard InChI is InChI=1S/C17H15Cl2N3O3S/c1-10(23)20-13-4-2-3-11(7-13)17(25)22-21-16(24)9-26-15-8-12(18)5-6-14(15)19/h2-8H,9H2,1H3,(H,20,23)(H,21,24)(H,22,25). The molecule has 0 aliphatic rings. The Bertz CT molecular complexity index is 846. The molecule has 0 saturated carbocycles. The quantitative estimate of drug-likeness (QED) is 0.518. The van der Waals surface area contributed by atoms with Crippen molar-refractivity contribution < 1.29 is 14.4 Å². The zero-order valence-electron chi connectivity index (χ0n) is 13.6. The summed E-state index contributed by atoms with van der Waals surface area (Å²) in [6.45, 7) is 1.37. The summed E-state index contributed by atoms with van der Waals surface area (Å²) in [5.74, 6) is -1.10. The van der Waals surface area contributed by atoms with Crippen LogP contribution in [0, 0.1) is 0 Å². The second-order valence-corrected chi connectivity index (χ2v) is 6.99. The van der Waals surface area contributed by atoms with Gasteiger partial charge in [0.2, 0.25) is 11.8 Å². The molecule has 0 heterocycles. The summed E-state index contributed by atoms with van der Waals surface area (Å²) in [5.41, 5.74) is 5.42. The third kappa shape index (κ3) is 6.25. The molecule has 0 fully saturated rings. The zero-order valence-corrected chi connectivity index (χ0v) is 16.0. The number of amides is 3. The molecule has 2 aromatic carbocycles. The van der Waals surface area contributed by atoms with Crippen LogP contribution in [0.2, 0.25) is 10.0 Å². The van der Waals surface area contributed by atoms with Gasteiger partial charge in [0.05, 0.1) is 10.8 Å². The molecule has 3 N–H and O–H groups in total. The number of hydrogen-bond acceptors (Lipinski definition) is 4. The maximum Gasteiger partial charge on any atom is 0.269 e. The summed E-state index contributed by atoms with van der Waals surface area (Å²) >= 11 is 13.1. The Balaban J connectivity index is 1.86.